The summed E-state index contributed by atoms with van der Waals surface area (Å²) in [4.78, 5) is 8.40. The summed E-state index contributed by atoms with van der Waals surface area (Å²) in [6.45, 7) is 4.39. The van der Waals surface area contributed by atoms with Crippen molar-refractivity contribution in [3.63, 3.8) is 0 Å². The molecule has 7 nitrogen and oxygen atoms in total. The second kappa shape index (κ2) is 8.76. The van der Waals surface area contributed by atoms with Crippen LogP contribution in [0.15, 0.2) is 6.07 Å². The van der Waals surface area contributed by atoms with Gasteiger partial charge >= 0.3 is 0 Å². The maximum Gasteiger partial charge on any atom is 0.156 e. The SMILES string of the molecule is COCCOCCOCc1nc(C)cc(NN)n1. The zero-order valence-electron chi connectivity index (χ0n) is 10.8. The highest BCUT2D eigenvalue weighted by Crippen LogP contribution is 2.05. The van der Waals surface area contributed by atoms with Crippen LogP contribution in [0.5, 0.6) is 0 Å². The minimum atomic E-state index is 0.337. The van der Waals surface area contributed by atoms with E-state index in [0.29, 0.717) is 44.7 Å². The Morgan fingerprint density at radius 3 is 2.61 bits per heavy atom. The van der Waals surface area contributed by atoms with Crippen LogP contribution in [0.2, 0.25) is 0 Å². The first-order chi connectivity index (χ1) is 8.76. The normalized spacial score (nSPS) is 10.6. The molecule has 0 aliphatic rings. The van der Waals surface area contributed by atoms with E-state index in [1.54, 1.807) is 13.2 Å². The lowest BCUT2D eigenvalue weighted by Gasteiger charge is -2.07. The summed E-state index contributed by atoms with van der Waals surface area (Å²) in [6.07, 6.45) is 0. The van der Waals surface area contributed by atoms with Gasteiger partial charge in [0.1, 0.15) is 12.4 Å². The third kappa shape index (κ3) is 5.87. The van der Waals surface area contributed by atoms with Crippen LogP contribution in [-0.4, -0.2) is 43.5 Å². The third-order valence-corrected chi connectivity index (χ3v) is 2.08. The van der Waals surface area contributed by atoms with Gasteiger partial charge in [-0.1, -0.05) is 0 Å². The van der Waals surface area contributed by atoms with E-state index >= 15 is 0 Å². The number of aryl methyl sites for hydroxylation is 1. The van der Waals surface area contributed by atoms with E-state index in [1.165, 1.54) is 0 Å². The molecule has 102 valence electrons. The molecule has 1 aromatic rings. The molecule has 0 aromatic carbocycles. The van der Waals surface area contributed by atoms with Crippen molar-refractivity contribution >= 4 is 5.82 Å². The van der Waals surface area contributed by atoms with Crippen molar-refractivity contribution in [2.24, 2.45) is 5.84 Å². The Labute approximate surface area is 107 Å². The van der Waals surface area contributed by atoms with Crippen LogP contribution in [0.3, 0.4) is 0 Å². The quantitative estimate of drug-likeness (QED) is 0.372. The molecule has 18 heavy (non-hydrogen) atoms. The van der Waals surface area contributed by atoms with E-state index in [1.807, 2.05) is 6.92 Å². The topological polar surface area (TPSA) is 91.5 Å². The predicted octanol–water partition coefficient (Wildman–Crippen LogP) is 0.250. The molecular formula is C11H20N4O3. The molecule has 0 saturated carbocycles. The van der Waals surface area contributed by atoms with Gasteiger partial charge in [-0.15, -0.1) is 0 Å². The van der Waals surface area contributed by atoms with Crippen molar-refractivity contribution in [2.45, 2.75) is 13.5 Å². The summed E-state index contributed by atoms with van der Waals surface area (Å²) in [5, 5.41) is 0. The van der Waals surface area contributed by atoms with Gasteiger partial charge in [0, 0.05) is 18.9 Å². The van der Waals surface area contributed by atoms with Gasteiger partial charge in [0.15, 0.2) is 5.82 Å². The van der Waals surface area contributed by atoms with Gasteiger partial charge < -0.3 is 19.6 Å². The maximum atomic E-state index is 5.39. The van der Waals surface area contributed by atoms with Crippen LogP contribution in [0.25, 0.3) is 0 Å². The van der Waals surface area contributed by atoms with Gasteiger partial charge in [0.2, 0.25) is 0 Å². The number of aromatic nitrogens is 2. The Hall–Kier alpha value is -1.28. The second-order valence-corrected chi connectivity index (χ2v) is 3.61. The maximum absolute atomic E-state index is 5.39. The number of nitrogens with zero attached hydrogens (tertiary/aromatic N) is 2. The fourth-order valence-electron chi connectivity index (χ4n) is 1.29. The highest BCUT2D eigenvalue weighted by atomic mass is 16.5. The van der Waals surface area contributed by atoms with Crippen molar-refractivity contribution in [3.05, 3.63) is 17.6 Å². The summed E-state index contributed by atoms with van der Waals surface area (Å²) in [7, 11) is 1.64. The number of nitrogens with one attached hydrogen (secondary N) is 1. The molecular weight excluding hydrogens is 236 g/mol. The van der Waals surface area contributed by atoms with Crippen molar-refractivity contribution < 1.29 is 14.2 Å². The molecule has 0 saturated heterocycles. The average molecular weight is 256 g/mol. The van der Waals surface area contributed by atoms with Gasteiger partial charge in [0.05, 0.1) is 26.4 Å². The lowest BCUT2D eigenvalue weighted by atomic mass is 10.4. The molecule has 0 atom stereocenters. The Balaban J connectivity index is 2.20. The van der Waals surface area contributed by atoms with E-state index in [4.69, 9.17) is 20.1 Å². The molecule has 0 unspecified atom stereocenters. The highest BCUT2D eigenvalue weighted by molar-refractivity contribution is 5.33. The average Bonchev–Trinajstić information content (AvgIpc) is 2.37. The van der Waals surface area contributed by atoms with Gasteiger partial charge in [-0.2, -0.15) is 0 Å². The summed E-state index contributed by atoms with van der Waals surface area (Å²) < 4.78 is 15.5. The zero-order valence-corrected chi connectivity index (χ0v) is 10.8. The highest BCUT2D eigenvalue weighted by Gasteiger charge is 2.01. The van der Waals surface area contributed by atoms with Gasteiger partial charge in [-0.05, 0) is 6.92 Å². The number of methoxy groups -OCH3 is 1. The van der Waals surface area contributed by atoms with Crippen LogP contribution < -0.4 is 11.3 Å². The number of nitrogens with two attached hydrogens (primary N) is 1. The predicted molar refractivity (Wildman–Crippen MR) is 66.9 cm³/mol. The summed E-state index contributed by atoms with van der Waals surface area (Å²) in [5.74, 6) is 6.48. The van der Waals surface area contributed by atoms with Crippen LogP contribution in [0.1, 0.15) is 11.5 Å². The summed E-state index contributed by atoms with van der Waals surface area (Å²) in [6, 6.07) is 1.76. The summed E-state index contributed by atoms with van der Waals surface area (Å²) in [5.41, 5.74) is 3.33. The second-order valence-electron chi connectivity index (χ2n) is 3.61. The van der Waals surface area contributed by atoms with Crippen molar-refractivity contribution in [1.82, 2.24) is 9.97 Å². The Morgan fingerprint density at radius 1 is 1.17 bits per heavy atom. The standard InChI is InChI=1S/C11H20N4O3/c1-9-7-10(15-12)14-11(13-9)8-18-6-5-17-4-3-16-2/h7H,3-6,8,12H2,1-2H3,(H,13,14,15). The number of hydrogen-bond acceptors (Lipinski definition) is 7. The van der Waals surface area contributed by atoms with E-state index in [-0.39, 0.29) is 0 Å². The first-order valence-electron chi connectivity index (χ1n) is 5.72. The minimum Gasteiger partial charge on any atom is -0.382 e. The molecule has 0 radical (unpaired) electrons. The van der Waals surface area contributed by atoms with Gasteiger partial charge in [-0.25, -0.2) is 15.8 Å². The smallest absolute Gasteiger partial charge is 0.156 e. The first kappa shape index (κ1) is 14.8. The number of ether oxygens (including phenoxy) is 3. The molecule has 0 aliphatic carbocycles. The zero-order chi connectivity index (χ0) is 13.2. The van der Waals surface area contributed by atoms with Crippen molar-refractivity contribution in [1.29, 1.82) is 0 Å². The number of nitrogen functional groups attached to an aromatic ring is 1. The van der Waals surface area contributed by atoms with E-state index in [2.05, 4.69) is 15.4 Å². The fourth-order valence-corrected chi connectivity index (χ4v) is 1.29. The van der Waals surface area contributed by atoms with Crippen LogP contribution in [-0.2, 0) is 20.8 Å². The fraction of sp³-hybridized carbons (Fsp3) is 0.636. The summed E-state index contributed by atoms with van der Waals surface area (Å²) >= 11 is 0. The lowest BCUT2D eigenvalue weighted by Crippen LogP contribution is -2.12. The van der Waals surface area contributed by atoms with E-state index in [0.717, 1.165) is 5.69 Å². The molecule has 1 heterocycles. The van der Waals surface area contributed by atoms with Crippen LogP contribution in [0.4, 0.5) is 5.82 Å². The Bertz CT molecular complexity index is 349. The minimum absolute atomic E-state index is 0.337. The Morgan fingerprint density at radius 2 is 1.89 bits per heavy atom. The van der Waals surface area contributed by atoms with Crippen molar-refractivity contribution in [3.8, 4) is 0 Å². The van der Waals surface area contributed by atoms with Crippen LogP contribution >= 0.6 is 0 Å². The molecule has 0 amide bonds. The number of anilines is 1. The van der Waals surface area contributed by atoms with E-state index in [9.17, 15) is 0 Å². The third-order valence-electron chi connectivity index (χ3n) is 2.08. The number of rotatable bonds is 9. The number of hydrazine groups is 1. The molecule has 0 spiro atoms. The molecule has 3 N–H and O–H groups in total. The molecule has 7 heteroatoms. The Kier molecular flexibility index (Phi) is 7.19. The molecule has 0 bridgehead atoms. The molecule has 0 fully saturated rings. The van der Waals surface area contributed by atoms with E-state index < -0.39 is 0 Å². The van der Waals surface area contributed by atoms with Gasteiger partial charge in [-0.3, -0.25) is 0 Å². The monoisotopic (exact) mass is 256 g/mol. The molecule has 1 rings (SSSR count). The first-order valence-corrected chi connectivity index (χ1v) is 5.72. The van der Waals surface area contributed by atoms with Gasteiger partial charge in [0.25, 0.3) is 0 Å². The van der Waals surface area contributed by atoms with Crippen molar-refractivity contribution in [2.75, 3.05) is 39.0 Å². The molecule has 1 aromatic heterocycles. The largest absolute Gasteiger partial charge is 0.382 e. The molecule has 0 aliphatic heterocycles. The van der Waals surface area contributed by atoms with Crippen LogP contribution in [0, 0.1) is 6.92 Å². The lowest BCUT2D eigenvalue weighted by molar-refractivity contribution is 0.0184. The number of hydrogen-bond donors (Lipinski definition) is 2.